The summed E-state index contributed by atoms with van der Waals surface area (Å²) in [7, 11) is 1.78. The molecule has 0 saturated heterocycles. The summed E-state index contributed by atoms with van der Waals surface area (Å²) in [6.07, 6.45) is 0. The molecule has 0 saturated carbocycles. The molecule has 1 unspecified atom stereocenters. The summed E-state index contributed by atoms with van der Waals surface area (Å²) in [6, 6.07) is 2.61. The molecule has 0 heterocycles. The molecule has 1 atom stereocenters. The molecule has 16 heavy (non-hydrogen) atoms. The predicted octanol–water partition coefficient (Wildman–Crippen LogP) is 3.79. The van der Waals surface area contributed by atoms with Crippen LogP contribution in [0.2, 0.25) is 0 Å². The molecular weight excluding hydrogens is 299 g/mol. The van der Waals surface area contributed by atoms with Gasteiger partial charge >= 0.3 is 0 Å². The molecule has 0 aliphatic carbocycles. The Bertz CT molecular complexity index is 371. The summed E-state index contributed by atoms with van der Waals surface area (Å²) in [5.74, 6) is -1.08. The Morgan fingerprint density at radius 2 is 2.06 bits per heavy atom. The van der Waals surface area contributed by atoms with E-state index in [1.807, 2.05) is 6.92 Å². The zero-order chi connectivity index (χ0) is 12.3. The van der Waals surface area contributed by atoms with E-state index < -0.39 is 11.6 Å². The highest BCUT2D eigenvalue weighted by Gasteiger charge is 2.14. The van der Waals surface area contributed by atoms with Gasteiger partial charge in [0.25, 0.3) is 0 Å². The second-order valence-corrected chi connectivity index (χ2v) is 5.40. The third-order valence-corrected chi connectivity index (χ3v) is 2.88. The van der Waals surface area contributed by atoms with Crippen LogP contribution in [-0.2, 0) is 6.54 Å². The third kappa shape index (κ3) is 3.68. The lowest BCUT2D eigenvalue weighted by Gasteiger charge is -2.18. The van der Waals surface area contributed by atoms with E-state index in [0.717, 1.165) is 0 Å². The lowest BCUT2D eigenvalue weighted by atomic mass is 10.2. The van der Waals surface area contributed by atoms with Gasteiger partial charge in [0.05, 0.1) is 4.47 Å². The number of benzene rings is 1. The van der Waals surface area contributed by atoms with E-state index >= 15 is 0 Å². The van der Waals surface area contributed by atoms with Gasteiger partial charge in [0.2, 0.25) is 0 Å². The molecule has 0 amide bonds. The first-order chi connectivity index (χ1) is 7.41. The Balaban J connectivity index is 2.84. The van der Waals surface area contributed by atoms with Crippen molar-refractivity contribution in [2.45, 2.75) is 18.8 Å². The molecule has 0 N–H and O–H groups in total. The quantitative estimate of drug-likeness (QED) is 0.604. The first-order valence-corrected chi connectivity index (χ1v) is 6.09. The smallest absolute Gasteiger partial charge is 0.144 e. The van der Waals surface area contributed by atoms with Crippen LogP contribution in [0, 0.1) is 11.6 Å². The van der Waals surface area contributed by atoms with E-state index in [1.165, 1.54) is 12.1 Å². The topological polar surface area (TPSA) is 3.24 Å². The second kappa shape index (κ2) is 5.94. The Morgan fingerprint density at radius 3 is 2.62 bits per heavy atom. The van der Waals surface area contributed by atoms with Crippen molar-refractivity contribution in [3.8, 4) is 0 Å². The minimum absolute atomic E-state index is 0.0525. The molecule has 0 aliphatic heterocycles. The Morgan fingerprint density at radius 1 is 1.44 bits per heavy atom. The van der Waals surface area contributed by atoms with Crippen LogP contribution < -0.4 is 0 Å². The monoisotopic (exact) mass is 311 g/mol. The fraction of sp³-hybridized carbons (Fsp3) is 0.455. The maximum atomic E-state index is 13.6. The molecule has 0 spiro atoms. The van der Waals surface area contributed by atoms with Crippen LogP contribution in [-0.4, -0.2) is 23.9 Å². The van der Waals surface area contributed by atoms with Crippen LogP contribution >= 0.6 is 27.5 Å². The van der Waals surface area contributed by atoms with E-state index in [1.54, 1.807) is 11.9 Å². The van der Waals surface area contributed by atoms with Gasteiger partial charge in [0, 0.05) is 24.0 Å². The molecule has 0 radical (unpaired) electrons. The second-order valence-electron chi connectivity index (χ2n) is 3.80. The van der Waals surface area contributed by atoms with E-state index in [-0.39, 0.29) is 22.0 Å². The molecule has 5 heteroatoms. The molecular formula is C11H13BrClF2N. The van der Waals surface area contributed by atoms with Gasteiger partial charge in [-0.15, -0.1) is 11.6 Å². The lowest BCUT2D eigenvalue weighted by Crippen LogP contribution is -2.25. The fourth-order valence-electron chi connectivity index (χ4n) is 1.48. The van der Waals surface area contributed by atoms with Crippen LogP contribution in [0.25, 0.3) is 0 Å². The Kier molecular flexibility index (Phi) is 5.15. The number of rotatable bonds is 4. The van der Waals surface area contributed by atoms with Crippen molar-refractivity contribution in [2.75, 3.05) is 13.6 Å². The number of hydrogen-bond donors (Lipinski definition) is 0. The van der Waals surface area contributed by atoms with Crippen molar-refractivity contribution in [1.82, 2.24) is 4.90 Å². The van der Waals surface area contributed by atoms with Crippen molar-refractivity contribution >= 4 is 27.5 Å². The molecule has 0 bridgehead atoms. The van der Waals surface area contributed by atoms with Crippen molar-refractivity contribution in [1.29, 1.82) is 0 Å². The van der Waals surface area contributed by atoms with Crippen LogP contribution in [0.3, 0.4) is 0 Å². The molecule has 0 aliphatic rings. The van der Waals surface area contributed by atoms with Crippen LogP contribution in [0.1, 0.15) is 12.5 Å². The van der Waals surface area contributed by atoms with Crippen molar-refractivity contribution < 1.29 is 8.78 Å². The van der Waals surface area contributed by atoms with E-state index in [0.29, 0.717) is 6.54 Å². The van der Waals surface area contributed by atoms with E-state index in [9.17, 15) is 8.78 Å². The zero-order valence-corrected chi connectivity index (χ0v) is 11.4. The average molecular weight is 313 g/mol. The molecule has 1 aromatic carbocycles. The summed E-state index contributed by atoms with van der Waals surface area (Å²) < 4.78 is 27.3. The maximum Gasteiger partial charge on any atom is 0.144 e. The summed E-state index contributed by atoms with van der Waals surface area (Å²) >= 11 is 8.85. The van der Waals surface area contributed by atoms with Crippen molar-refractivity contribution in [3.63, 3.8) is 0 Å². The van der Waals surface area contributed by atoms with Crippen LogP contribution in [0.15, 0.2) is 16.6 Å². The molecule has 90 valence electrons. The van der Waals surface area contributed by atoms with Gasteiger partial charge in [-0.25, -0.2) is 8.78 Å². The van der Waals surface area contributed by atoms with Crippen LogP contribution in [0.5, 0.6) is 0 Å². The minimum atomic E-state index is -0.547. The predicted molar refractivity (Wildman–Crippen MR) is 65.7 cm³/mol. The minimum Gasteiger partial charge on any atom is -0.300 e. The normalized spacial score (nSPS) is 13.2. The van der Waals surface area contributed by atoms with Gasteiger partial charge in [0.15, 0.2) is 0 Å². The highest BCUT2D eigenvalue weighted by Crippen LogP contribution is 2.22. The van der Waals surface area contributed by atoms with Crippen LogP contribution in [0.4, 0.5) is 8.78 Å². The van der Waals surface area contributed by atoms with Crippen molar-refractivity contribution in [2.24, 2.45) is 0 Å². The number of hydrogen-bond acceptors (Lipinski definition) is 1. The SMILES string of the molecule is CC(Cl)CN(C)Cc1c(F)ccc(Br)c1F. The van der Waals surface area contributed by atoms with Gasteiger partial charge in [-0.2, -0.15) is 0 Å². The highest BCUT2D eigenvalue weighted by atomic mass is 79.9. The van der Waals surface area contributed by atoms with E-state index in [2.05, 4.69) is 15.9 Å². The Labute approximate surface area is 108 Å². The first kappa shape index (κ1) is 13.9. The Hall–Kier alpha value is -0.190. The largest absolute Gasteiger partial charge is 0.300 e. The first-order valence-electron chi connectivity index (χ1n) is 4.86. The number of halogens is 4. The maximum absolute atomic E-state index is 13.6. The molecule has 1 nitrogen and oxygen atoms in total. The average Bonchev–Trinajstić information content (AvgIpc) is 2.17. The molecule has 0 fully saturated rings. The highest BCUT2D eigenvalue weighted by molar-refractivity contribution is 9.10. The van der Waals surface area contributed by atoms with Crippen molar-refractivity contribution in [3.05, 3.63) is 33.8 Å². The lowest BCUT2D eigenvalue weighted by molar-refractivity contribution is 0.317. The van der Waals surface area contributed by atoms with Gasteiger partial charge in [0.1, 0.15) is 11.6 Å². The zero-order valence-electron chi connectivity index (χ0n) is 9.11. The number of nitrogens with zero attached hydrogens (tertiary/aromatic N) is 1. The van der Waals surface area contributed by atoms with Gasteiger partial charge in [-0.3, -0.25) is 0 Å². The summed E-state index contributed by atoms with van der Waals surface area (Å²) in [4.78, 5) is 1.78. The summed E-state index contributed by atoms with van der Waals surface area (Å²) in [5.41, 5.74) is 0.0641. The fourth-order valence-corrected chi connectivity index (χ4v) is 2.09. The number of alkyl halides is 1. The van der Waals surface area contributed by atoms with Gasteiger partial charge < -0.3 is 4.90 Å². The molecule has 1 aromatic rings. The van der Waals surface area contributed by atoms with E-state index in [4.69, 9.17) is 11.6 Å². The summed E-state index contributed by atoms with van der Waals surface area (Å²) in [6.45, 7) is 2.62. The summed E-state index contributed by atoms with van der Waals surface area (Å²) in [5, 5.41) is -0.0525. The van der Waals surface area contributed by atoms with Gasteiger partial charge in [-0.1, -0.05) is 0 Å². The van der Waals surface area contributed by atoms with Gasteiger partial charge in [-0.05, 0) is 42.0 Å². The molecule has 0 aromatic heterocycles. The third-order valence-electron chi connectivity index (χ3n) is 2.13. The molecule has 1 rings (SSSR count). The standard InChI is InChI=1S/C11H13BrClF2N/c1-7(13)5-16(2)6-8-10(14)4-3-9(12)11(8)15/h3-4,7H,5-6H2,1-2H3.